The summed E-state index contributed by atoms with van der Waals surface area (Å²) in [4.78, 5) is 2.45. The second kappa shape index (κ2) is 5.35. The summed E-state index contributed by atoms with van der Waals surface area (Å²) in [6.07, 6.45) is 6.17. The molecule has 0 amide bonds. The van der Waals surface area contributed by atoms with Gasteiger partial charge in [0.25, 0.3) is 0 Å². The highest BCUT2D eigenvalue weighted by atomic mass is 15.2. The smallest absolute Gasteiger partial charge is 0.0535 e. The van der Waals surface area contributed by atoms with Crippen LogP contribution in [-0.4, -0.2) is 31.1 Å². The van der Waals surface area contributed by atoms with Crippen LogP contribution in [-0.2, 0) is 5.54 Å². The SMILES string of the molecule is C#CCCN1CCNC(C)(c2ccccc2)C1. The second-order valence-corrected chi connectivity index (χ2v) is 4.86. The molecule has 1 fully saturated rings. The molecule has 1 saturated heterocycles. The van der Waals surface area contributed by atoms with Crippen molar-refractivity contribution >= 4 is 0 Å². The van der Waals surface area contributed by atoms with Crippen molar-refractivity contribution in [3.63, 3.8) is 0 Å². The van der Waals surface area contributed by atoms with Crippen LogP contribution in [0.25, 0.3) is 0 Å². The molecule has 0 aliphatic carbocycles. The highest BCUT2D eigenvalue weighted by Crippen LogP contribution is 2.24. The summed E-state index contributed by atoms with van der Waals surface area (Å²) in [6, 6.07) is 10.6. The van der Waals surface area contributed by atoms with Crippen molar-refractivity contribution in [3.8, 4) is 12.3 Å². The van der Waals surface area contributed by atoms with Gasteiger partial charge in [-0.1, -0.05) is 30.3 Å². The second-order valence-electron chi connectivity index (χ2n) is 4.86. The summed E-state index contributed by atoms with van der Waals surface area (Å²) in [7, 11) is 0. The van der Waals surface area contributed by atoms with Gasteiger partial charge in [0.1, 0.15) is 0 Å². The predicted octanol–water partition coefficient (Wildman–Crippen LogP) is 1.83. The molecule has 1 heterocycles. The van der Waals surface area contributed by atoms with Crippen LogP contribution >= 0.6 is 0 Å². The highest BCUT2D eigenvalue weighted by Gasteiger charge is 2.31. The number of rotatable bonds is 3. The Balaban J connectivity index is 2.08. The van der Waals surface area contributed by atoms with Gasteiger partial charge in [-0.3, -0.25) is 4.90 Å². The molecule has 1 aromatic carbocycles. The Morgan fingerprint density at radius 2 is 2.18 bits per heavy atom. The molecule has 1 aliphatic rings. The van der Waals surface area contributed by atoms with E-state index in [9.17, 15) is 0 Å². The average molecular weight is 228 g/mol. The first kappa shape index (κ1) is 12.2. The van der Waals surface area contributed by atoms with E-state index in [0.717, 1.165) is 32.6 Å². The molecule has 2 heteroatoms. The monoisotopic (exact) mass is 228 g/mol. The Hall–Kier alpha value is -1.30. The van der Waals surface area contributed by atoms with Crippen LogP contribution < -0.4 is 5.32 Å². The van der Waals surface area contributed by atoms with E-state index in [0.29, 0.717) is 0 Å². The summed E-state index contributed by atoms with van der Waals surface area (Å²) in [6.45, 7) is 6.41. The van der Waals surface area contributed by atoms with Gasteiger partial charge >= 0.3 is 0 Å². The molecule has 1 aromatic rings. The molecule has 2 rings (SSSR count). The minimum Gasteiger partial charge on any atom is -0.305 e. The number of benzene rings is 1. The van der Waals surface area contributed by atoms with E-state index in [-0.39, 0.29) is 5.54 Å². The van der Waals surface area contributed by atoms with Gasteiger partial charge < -0.3 is 5.32 Å². The van der Waals surface area contributed by atoms with Crippen molar-refractivity contribution in [1.82, 2.24) is 10.2 Å². The van der Waals surface area contributed by atoms with Gasteiger partial charge in [0, 0.05) is 32.6 Å². The maximum atomic E-state index is 5.33. The molecular formula is C15H20N2. The third-order valence-electron chi connectivity index (χ3n) is 3.47. The van der Waals surface area contributed by atoms with Gasteiger partial charge in [-0.05, 0) is 12.5 Å². The summed E-state index contributed by atoms with van der Waals surface area (Å²) in [5, 5.41) is 3.62. The van der Waals surface area contributed by atoms with Crippen molar-refractivity contribution < 1.29 is 0 Å². The van der Waals surface area contributed by atoms with Gasteiger partial charge in [-0.25, -0.2) is 0 Å². The molecule has 1 N–H and O–H groups in total. The number of nitrogens with zero attached hydrogens (tertiary/aromatic N) is 1. The van der Waals surface area contributed by atoms with Crippen LogP contribution in [0.2, 0.25) is 0 Å². The van der Waals surface area contributed by atoms with Crippen LogP contribution in [0.4, 0.5) is 0 Å². The molecule has 0 spiro atoms. The van der Waals surface area contributed by atoms with Gasteiger partial charge in [0.2, 0.25) is 0 Å². The molecule has 1 atom stereocenters. The first-order valence-electron chi connectivity index (χ1n) is 6.21. The minimum absolute atomic E-state index is 0.0497. The number of hydrogen-bond donors (Lipinski definition) is 1. The molecule has 0 bridgehead atoms. The number of nitrogens with one attached hydrogen (secondary N) is 1. The fourth-order valence-corrected chi connectivity index (χ4v) is 2.48. The van der Waals surface area contributed by atoms with Gasteiger partial charge in [-0.15, -0.1) is 12.3 Å². The molecule has 2 nitrogen and oxygen atoms in total. The van der Waals surface area contributed by atoms with Gasteiger partial charge in [0.15, 0.2) is 0 Å². The number of piperazine rings is 1. The van der Waals surface area contributed by atoms with Crippen molar-refractivity contribution in [2.45, 2.75) is 18.9 Å². The van der Waals surface area contributed by atoms with E-state index in [1.165, 1.54) is 5.56 Å². The van der Waals surface area contributed by atoms with Crippen LogP contribution in [0.5, 0.6) is 0 Å². The summed E-state index contributed by atoms with van der Waals surface area (Å²) in [5.74, 6) is 2.72. The van der Waals surface area contributed by atoms with Crippen molar-refractivity contribution in [2.75, 3.05) is 26.2 Å². The quantitative estimate of drug-likeness (QED) is 0.794. The highest BCUT2D eigenvalue weighted by molar-refractivity contribution is 5.24. The van der Waals surface area contributed by atoms with E-state index >= 15 is 0 Å². The molecule has 1 aliphatic heterocycles. The van der Waals surface area contributed by atoms with E-state index in [1.54, 1.807) is 0 Å². The number of hydrogen-bond acceptors (Lipinski definition) is 2. The minimum atomic E-state index is 0.0497. The zero-order chi connectivity index (χ0) is 12.1. The van der Waals surface area contributed by atoms with Crippen molar-refractivity contribution in [3.05, 3.63) is 35.9 Å². The normalized spacial score (nSPS) is 25.4. The van der Waals surface area contributed by atoms with Crippen LogP contribution in [0.1, 0.15) is 18.9 Å². The Morgan fingerprint density at radius 1 is 1.41 bits per heavy atom. The third kappa shape index (κ3) is 2.88. The van der Waals surface area contributed by atoms with Crippen LogP contribution in [0.3, 0.4) is 0 Å². The molecule has 0 aromatic heterocycles. The zero-order valence-corrected chi connectivity index (χ0v) is 10.4. The first-order valence-corrected chi connectivity index (χ1v) is 6.21. The van der Waals surface area contributed by atoms with Crippen LogP contribution in [0, 0.1) is 12.3 Å². The standard InChI is InChI=1S/C15H20N2/c1-3-4-11-17-12-10-16-15(2,13-17)14-8-6-5-7-9-14/h1,5-9,16H,4,10-13H2,2H3. The average Bonchev–Trinajstić information content (AvgIpc) is 2.38. The summed E-state index contributed by atoms with van der Waals surface area (Å²) >= 11 is 0. The Bertz CT molecular complexity index is 393. The fraction of sp³-hybridized carbons (Fsp3) is 0.467. The number of terminal acetylenes is 1. The maximum absolute atomic E-state index is 5.33. The van der Waals surface area contributed by atoms with Gasteiger partial charge in [-0.2, -0.15) is 0 Å². The Morgan fingerprint density at radius 3 is 2.88 bits per heavy atom. The third-order valence-corrected chi connectivity index (χ3v) is 3.47. The lowest BCUT2D eigenvalue weighted by Gasteiger charge is -2.41. The molecule has 17 heavy (non-hydrogen) atoms. The van der Waals surface area contributed by atoms with E-state index < -0.39 is 0 Å². The largest absolute Gasteiger partial charge is 0.305 e. The molecule has 90 valence electrons. The lowest BCUT2D eigenvalue weighted by Crippen LogP contribution is -2.56. The molecular weight excluding hydrogens is 208 g/mol. The lowest BCUT2D eigenvalue weighted by atomic mass is 9.89. The van der Waals surface area contributed by atoms with E-state index in [1.807, 2.05) is 0 Å². The molecule has 0 radical (unpaired) electrons. The Kier molecular flexibility index (Phi) is 3.83. The lowest BCUT2D eigenvalue weighted by molar-refractivity contribution is 0.145. The van der Waals surface area contributed by atoms with Crippen molar-refractivity contribution in [2.24, 2.45) is 0 Å². The van der Waals surface area contributed by atoms with E-state index in [2.05, 4.69) is 53.4 Å². The van der Waals surface area contributed by atoms with Crippen LogP contribution in [0.15, 0.2) is 30.3 Å². The first-order chi connectivity index (χ1) is 8.24. The van der Waals surface area contributed by atoms with E-state index in [4.69, 9.17) is 6.42 Å². The zero-order valence-electron chi connectivity index (χ0n) is 10.4. The molecule has 0 saturated carbocycles. The fourth-order valence-electron chi connectivity index (χ4n) is 2.48. The predicted molar refractivity (Wildman–Crippen MR) is 71.7 cm³/mol. The summed E-state index contributed by atoms with van der Waals surface area (Å²) < 4.78 is 0. The molecule has 1 unspecified atom stereocenters. The van der Waals surface area contributed by atoms with Gasteiger partial charge in [0.05, 0.1) is 5.54 Å². The van der Waals surface area contributed by atoms with Crippen molar-refractivity contribution in [1.29, 1.82) is 0 Å². The summed E-state index contributed by atoms with van der Waals surface area (Å²) in [5.41, 5.74) is 1.40. The maximum Gasteiger partial charge on any atom is 0.0535 e. The topological polar surface area (TPSA) is 15.3 Å². The Labute approximate surface area is 104 Å².